The minimum absolute atomic E-state index is 0.198. The van der Waals surface area contributed by atoms with Crippen LogP contribution in [0.15, 0.2) is 78.9 Å². The minimum atomic E-state index is -0.610. The van der Waals surface area contributed by atoms with Crippen molar-refractivity contribution in [2.45, 2.75) is 19.6 Å². The Bertz CT molecular complexity index is 864. The highest BCUT2D eigenvalue weighted by Crippen LogP contribution is 2.19. The highest BCUT2D eigenvalue weighted by molar-refractivity contribution is 6.30. The number of ether oxygens (including phenoxy) is 2. The van der Waals surface area contributed by atoms with Gasteiger partial charge >= 0.3 is 0 Å². The standard InChI is InChI=1S/C22H20ClNO3/c1-16(22(25)24-19-5-3-2-4-6-19)27-21-11-7-17(8-12-21)15-26-20-13-9-18(23)10-14-20/h2-14,16H,15H2,1H3,(H,24,25). The van der Waals surface area contributed by atoms with E-state index in [9.17, 15) is 4.79 Å². The molecule has 0 bridgehead atoms. The van der Waals surface area contributed by atoms with Gasteiger partial charge in [0.1, 0.15) is 18.1 Å². The lowest BCUT2D eigenvalue weighted by atomic mass is 10.2. The van der Waals surface area contributed by atoms with Crippen molar-refractivity contribution < 1.29 is 14.3 Å². The molecule has 0 radical (unpaired) electrons. The minimum Gasteiger partial charge on any atom is -0.489 e. The summed E-state index contributed by atoms with van der Waals surface area (Å²) in [4.78, 5) is 12.2. The summed E-state index contributed by atoms with van der Waals surface area (Å²) in [6, 6.07) is 24.0. The van der Waals surface area contributed by atoms with E-state index < -0.39 is 6.10 Å². The molecule has 0 heterocycles. The number of amides is 1. The molecule has 0 aliphatic rings. The van der Waals surface area contributed by atoms with Gasteiger partial charge < -0.3 is 14.8 Å². The number of carbonyl (C=O) groups is 1. The Balaban J connectivity index is 1.50. The third-order valence-electron chi connectivity index (χ3n) is 3.87. The second kappa shape index (κ2) is 9.10. The van der Waals surface area contributed by atoms with Crippen LogP contribution in [-0.2, 0) is 11.4 Å². The zero-order valence-corrected chi connectivity index (χ0v) is 15.6. The van der Waals surface area contributed by atoms with E-state index >= 15 is 0 Å². The summed E-state index contributed by atoms with van der Waals surface area (Å²) in [6.45, 7) is 2.15. The molecule has 1 atom stereocenters. The monoisotopic (exact) mass is 381 g/mol. The van der Waals surface area contributed by atoms with Gasteiger partial charge in [0, 0.05) is 10.7 Å². The van der Waals surface area contributed by atoms with Gasteiger partial charge in [-0.2, -0.15) is 0 Å². The summed E-state index contributed by atoms with van der Waals surface area (Å²) in [7, 11) is 0. The SMILES string of the molecule is CC(Oc1ccc(COc2ccc(Cl)cc2)cc1)C(=O)Nc1ccccc1. The van der Waals surface area contributed by atoms with Gasteiger partial charge in [-0.25, -0.2) is 0 Å². The zero-order valence-electron chi connectivity index (χ0n) is 14.9. The van der Waals surface area contributed by atoms with Gasteiger partial charge in [-0.15, -0.1) is 0 Å². The Kier molecular flexibility index (Phi) is 6.34. The van der Waals surface area contributed by atoms with Crippen LogP contribution in [0.4, 0.5) is 5.69 Å². The molecule has 1 N–H and O–H groups in total. The lowest BCUT2D eigenvalue weighted by Gasteiger charge is -2.15. The van der Waals surface area contributed by atoms with Gasteiger partial charge in [0.05, 0.1) is 0 Å². The zero-order chi connectivity index (χ0) is 19.1. The maximum atomic E-state index is 12.2. The summed E-state index contributed by atoms with van der Waals surface area (Å²) in [5, 5.41) is 3.50. The molecule has 0 spiro atoms. The first kappa shape index (κ1) is 18.8. The smallest absolute Gasteiger partial charge is 0.265 e. The van der Waals surface area contributed by atoms with E-state index in [2.05, 4.69) is 5.32 Å². The van der Waals surface area contributed by atoms with Crippen LogP contribution in [0.1, 0.15) is 12.5 Å². The number of anilines is 1. The van der Waals surface area contributed by atoms with E-state index in [4.69, 9.17) is 21.1 Å². The summed E-state index contributed by atoms with van der Waals surface area (Å²) < 4.78 is 11.4. The number of rotatable bonds is 7. The van der Waals surface area contributed by atoms with Crippen molar-refractivity contribution in [3.05, 3.63) is 89.4 Å². The molecule has 3 aromatic carbocycles. The molecule has 0 saturated heterocycles. The van der Waals surface area contributed by atoms with Crippen LogP contribution in [-0.4, -0.2) is 12.0 Å². The Morgan fingerprint density at radius 2 is 1.56 bits per heavy atom. The fraction of sp³-hybridized carbons (Fsp3) is 0.136. The molecule has 0 aliphatic carbocycles. The van der Waals surface area contributed by atoms with Crippen molar-refractivity contribution in [1.82, 2.24) is 0 Å². The van der Waals surface area contributed by atoms with Crippen LogP contribution in [0.25, 0.3) is 0 Å². The predicted octanol–water partition coefficient (Wildman–Crippen LogP) is 5.33. The van der Waals surface area contributed by atoms with E-state index in [0.717, 1.165) is 17.0 Å². The first-order valence-corrected chi connectivity index (χ1v) is 8.98. The molecule has 0 aliphatic heterocycles. The van der Waals surface area contributed by atoms with Crippen molar-refractivity contribution >= 4 is 23.2 Å². The summed E-state index contributed by atoms with van der Waals surface area (Å²) >= 11 is 5.86. The number of para-hydroxylation sites is 1. The number of benzene rings is 3. The lowest BCUT2D eigenvalue weighted by Crippen LogP contribution is -2.30. The Morgan fingerprint density at radius 3 is 2.22 bits per heavy atom. The fourth-order valence-corrected chi connectivity index (χ4v) is 2.51. The molecule has 1 unspecified atom stereocenters. The summed E-state index contributed by atoms with van der Waals surface area (Å²) in [5.74, 6) is 1.18. The van der Waals surface area contributed by atoms with E-state index in [1.807, 2.05) is 66.7 Å². The van der Waals surface area contributed by atoms with Crippen LogP contribution in [0, 0.1) is 0 Å². The average molecular weight is 382 g/mol. The third kappa shape index (κ3) is 5.76. The summed E-state index contributed by atoms with van der Waals surface area (Å²) in [5.41, 5.74) is 1.74. The number of carbonyl (C=O) groups excluding carboxylic acids is 1. The Hall–Kier alpha value is -2.98. The van der Waals surface area contributed by atoms with Crippen LogP contribution in [0.5, 0.6) is 11.5 Å². The molecule has 27 heavy (non-hydrogen) atoms. The number of nitrogens with one attached hydrogen (secondary N) is 1. The van der Waals surface area contributed by atoms with Gasteiger partial charge in [-0.05, 0) is 61.0 Å². The normalized spacial score (nSPS) is 11.5. The third-order valence-corrected chi connectivity index (χ3v) is 4.12. The van der Waals surface area contributed by atoms with Gasteiger partial charge in [0.2, 0.25) is 0 Å². The molecule has 4 nitrogen and oxygen atoms in total. The molecule has 0 aromatic heterocycles. The molecule has 1 amide bonds. The van der Waals surface area contributed by atoms with Crippen molar-refractivity contribution in [3.63, 3.8) is 0 Å². The molecule has 5 heteroatoms. The Morgan fingerprint density at radius 1 is 0.926 bits per heavy atom. The van der Waals surface area contributed by atoms with Crippen molar-refractivity contribution in [3.8, 4) is 11.5 Å². The van der Waals surface area contributed by atoms with Crippen LogP contribution in [0.3, 0.4) is 0 Å². The van der Waals surface area contributed by atoms with Crippen molar-refractivity contribution in [2.75, 3.05) is 5.32 Å². The highest BCUT2D eigenvalue weighted by atomic mass is 35.5. The quantitative estimate of drug-likeness (QED) is 0.602. The molecule has 3 rings (SSSR count). The average Bonchev–Trinajstić information content (AvgIpc) is 2.69. The van der Waals surface area contributed by atoms with Gasteiger partial charge in [-0.3, -0.25) is 4.79 Å². The lowest BCUT2D eigenvalue weighted by molar-refractivity contribution is -0.122. The van der Waals surface area contributed by atoms with Gasteiger partial charge in [-0.1, -0.05) is 41.9 Å². The number of hydrogen-bond donors (Lipinski definition) is 1. The maximum Gasteiger partial charge on any atom is 0.265 e. The topological polar surface area (TPSA) is 47.6 Å². The second-order valence-electron chi connectivity index (χ2n) is 6.00. The predicted molar refractivity (Wildman–Crippen MR) is 107 cm³/mol. The Labute approximate surface area is 163 Å². The van der Waals surface area contributed by atoms with E-state index in [1.165, 1.54) is 0 Å². The molecule has 138 valence electrons. The van der Waals surface area contributed by atoms with Crippen molar-refractivity contribution in [1.29, 1.82) is 0 Å². The summed E-state index contributed by atoms with van der Waals surface area (Å²) in [6.07, 6.45) is -0.610. The molecule has 0 saturated carbocycles. The van der Waals surface area contributed by atoms with Gasteiger partial charge in [0.15, 0.2) is 6.10 Å². The molecule has 3 aromatic rings. The highest BCUT2D eigenvalue weighted by Gasteiger charge is 2.14. The van der Waals surface area contributed by atoms with Crippen LogP contribution >= 0.6 is 11.6 Å². The van der Waals surface area contributed by atoms with Gasteiger partial charge in [0.25, 0.3) is 5.91 Å². The first-order valence-electron chi connectivity index (χ1n) is 8.60. The molecular formula is C22H20ClNO3. The van der Waals surface area contributed by atoms with Crippen LogP contribution in [0.2, 0.25) is 5.02 Å². The molecule has 0 fully saturated rings. The van der Waals surface area contributed by atoms with Crippen molar-refractivity contribution in [2.24, 2.45) is 0 Å². The van der Waals surface area contributed by atoms with E-state index in [-0.39, 0.29) is 5.91 Å². The largest absolute Gasteiger partial charge is 0.489 e. The van der Waals surface area contributed by atoms with E-state index in [1.54, 1.807) is 19.1 Å². The second-order valence-corrected chi connectivity index (χ2v) is 6.44. The number of hydrogen-bond acceptors (Lipinski definition) is 3. The number of halogens is 1. The van der Waals surface area contributed by atoms with Crippen LogP contribution < -0.4 is 14.8 Å². The van der Waals surface area contributed by atoms with E-state index in [0.29, 0.717) is 17.4 Å². The molecular weight excluding hydrogens is 362 g/mol. The first-order chi connectivity index (χ1) is 13.1. The maximum absolute atomic E-state index is 12.2. The fourth-order valence-electron chi connectivity index (χ4n) is 2.38.